The quantitative estimate of drug-likeness (QED) is 0.418. The van der Waals surface area contributed by atoms with Crippen molar-refractivity contribution in [3.8, 4) is 11.3 Å². The first-order chi connectivity index (χ1) is 12.5. The number of non-ortho nitro benzene ring substituents is 1. The summed E-state index contributed by atoms with van der Waals surface area (Å²) in [6, 6.07) is 17.1. The van der Waals surface area contributed by atoms with Crippen LogP contribution in [0.5, 0.6) is 0 Å². The lowest BCUT2D eigenvalue weighted by molar-refractivity contribution is -0.384. The lowest BCUT2D eigenvalue weighted by Gasteiger charge is -2.02. The van der Waals surface area contributed by atoms with Gasteiger partial charge in [-0.2, -0.15) is 10.2 Å². The molecule has 2 aromatic carbocycles. The Labute approximate surface area is 148 Å². The topological polar surface area (TPSA) is 113 Å². The molecule has 0 aliphatic carbocycles. The van der Waals surface area contributed by atoms with Crippen LogP contribution in [0, 0.1) is 10.1 Å². The summed E-state index contributed by atoms with van der Waals surface area (Å²) in [4.78, 5) is 22.6. The van der Waals surface area contributed by atoms with E-state index >= 15 is 0 Å². The van der Waals surface area contributed by atoms with Gasteiger partial charge in [0.25, 0.3) is 11.6 Å². The summed E-state index contributed by atoms with van der Waals surface area (Å²) < 4.78 is 0. The average molecular weight is 349 g/mol. The number of nitro groups is 1. The van der Waals surface area contributed by atoms with Crippen molar-refractivity contribution in [2.45, 2.75) is 6.92 Å². The molecule has 0 bridgehead atoms. The molecular weight excluding hydrogens is 334 g/mol. The number of amides is 1. The Morgan fingerprint density at radius 3 is 2.65 bits per heavy atom. The molecule has 1 aromatic heterocycles. The van der Waals surface area contributed by atoms with E-state index in [0.29, 0.717) is 17.0 Å². The fourth-order valence-corrected chi connectivity index (χ4v) is 2.30. The van der Waals surface area contributed by atoms with Gasteiger partial charge in [0, 0.05) is 23.3 Å². The van der Waals surface area contributed by atoms with Gasteiger partial charge in [-0.1, -0.05) is 42.5 Å². The van der Waals surface area contributed by atoms with Gasteiger partial charge in [-0.25, -0.2) is 5.43 Å². The fraction of sp³-hybridized carbons (Fsp3) is 0.0556. The van der Waals surface area contributed by atoms with Crippen LogP contribution in [0.25, 0.3) is 11.3 Å². The third kappa shape index (κ3) is 3.81. The van der Waals surface area contributed by atoms with Crippen LogP contribution in [-0.2, 0) is 0 Å². The van der Waals surface area contributed by atoms with Gasteiger partial charge >= 0.3 is 0 Å². The van der Waals surface area contributed by atoms with Gasteiger partial charge in [-0.05, 0) is 13.0 Å². The van der Waals surface area contributed by atoms with Crippen molar-refractivity contribution in [1.29, 1.82) is 0 Å². The van der Waals surface area contributed by atoms with Crippen molar-refractivity contribution in [3.05, 3.63) is 82.0 Å². The minimum absolute atomic E-state index is 0.0375. The molecule has 1 amide bonds. The Morgan fingerprint density at radius 1 is 1.15 bits per heavy atom. The zero-order valence-corrected chi connectivity index (χ0v) is 13.8. The summed E-state index contributed by atoms with van der Waals surface area (Å²) in [5.41, 5.74) is 5.18. The Bertz CT molecular complexity index is 979. The number of nitrogens with zero attached hydrogens (tertiary/aromatic N) is 3. The number of nitro benzene ring substituents is 1. The minimum Gasteiger partial charge on any atom is -0.272 e. The molecule has 0 saturated carbocycles. The smallest absolute Gasteiger partial charge is 0.272 e. The predicted octanol–water partition coefficient (Wildman–Crippen LogP) is 3.14. The number of hydrazone groups is 1. The maximum absolute atomic E-state index is 12.2. The van der Waals surface area contributed by atoms with E-state index in [4.69, 9.17) is 0 Å². The number of nitrogens with one attached hydrogen (secondary N) is 2. The highest BCUT2D eigenvalue weighted by atomic mass is 16.6. The van der Waals surface area contributed by atoms with Crippen LogP contribution in [-0.4, -0.2) is 26.7 Å². The van der Waals surface area contributed by atoms with Crippen LogP contribution in [0.2, 0.25) is 0 Å². The number of aromatic nitrogens is 2. The van der Waals surface area contributed by atoms with Crippen LogP contribution >= 0.6 is 0 Å². The van der Waals surface area contributed by atoms with Crippen molar-refractivity contribution < 1.29 is 9.72 Å². The SMILES string of the molecule is C/C(=N/NC(=O)c1cc(-c2ccccc2)n[nH]1)c1cccc([N+](=O)[O-])c1. The molecule has 26 heavy (non-hydrogen) atoms. The highest BCUT2D eigenvalue weighted by molar-refractivity contribution is 6.01. The summed E-state index contributed by atoms with van der Waals surface area (Å²) in [5, 5.41) is 21.6. The second-order valence-electron chi connectivity index (χ2n) is 5.48. The van der Waals surface area contributed by atoms with Crippen LogP contribution in [0.15, 0.2) is 65.8 Å². The molecule has 0 unspecified atom stereocenters. The van der Waals surface area contributed by atoms with Crippen molar-refractivity contribution in [3.63, 3.8) is 0 Å². The number of carbonyl (C=O) groups is 1. The molecule has 0 atom stereocenters. The molecule has 0 aliphatic rings. The van der Waals surface area contributed by atoms with Gasteiger partial charge in [0.2, 0.25) is 0 Å². The van der Waals surface area contributed by atoms with Gasteiger partial charge in [-0.3, -0.25) is 20.0 Å². The van der Waals surface area contributed by atoms with Crippen molar-refractivity contribution in [2.24, 2.45) is 5.10 Å². The molecule has 0 radical (unpaired) electrons. The molecule has 0 aliphatic heterocycles. The second-order valence-corrected chi connectivity index (χ2v) is 5.48. The van der Waals surface area contributed by atoms with E-state index in [1.807, 2.05) is 30.3 Å². The molecule has 1 heterocycles. The third-order valence-electron chi connectivity index (χ3n) is 3.69. The van der Waals surface area contributed by atoms with E-state index < -0.39 is 10.8 Å². The van der Waals surface area contributed by atoms with Gasteiger partial charge < -0.3 is 0 Å². The molecule has 130 valence electrons. The highest BCUT2D eigenvalue weighted by Gasteiger charge is 2.11. The fourth-order valence-electron chi connectivity index (χ4n) is 2.30. The zero-order chi connectivity index (χ0) is 18.5. The third-order valence-corrected chi connectivity index (χ3v) is 3.69. The summed E-state index contributed by atoms with van der Waals surface area (Å²) in [7, 11) is 0. The Morgan fingerprint density at radius 2 is 1.92 bits per heavy atom. The molecule has 0 spiro atoms. The number of hydrogen-bond donors (Lipinski definition) is 2. The number of rotatable bonds is 5. The number of benzene rings is 2. The van der Waals surface area contributed by atoms with Crippen LogP contribution in [0.4, 0.5) is 5.69 Å². The van der Waals surface area contributed by atoms with Crippen LogP contribution < -0.4 is 5.43 Å². The van der Waals surface area contributed by atoms with Gasteiger partial charge in [0.1, 0.15) is 5.69 Å². The van der Waals surface area contributed by atoms with Crippen molar-refractivity contribution >= 4 is 17.3 Å². The summed E-state index contributed by atoms with van der Waals surface area (Å²) in [6.45, 7) is 1.65. The highest BCUT2D eigenvalue weighted by Crippen LogP contribution is 2.17. The summed E-state index contributed by atoms with van der Waals surface area (Å²) >= 11 is 0. The van der Waals surface area contributed by atoms with E-state index in [1.54, 1.807) is 25.1 Å². The Balaban J connectivity index is 1.72. The molecular formula is C18H15N5O3. The van der Waals surface area contributed by atoms with Crippen LogP contribution in [0.1, 0.15) is 23.0 Å². The molecule has 8 heteroatoms. The lowest BCUT2D eigenvalue weighted by Crippen LogP contribution is -2.19. The lowest BCUT2D eigenvalue weighted by atomic mass is 10.1. The van der Waals surface area contributed by atoms with Crippen LogP contribution in [0.3, 0.4) is 0 Å². The first-order valence-electron chi connectivity index (χ1n) is 7.75. The van der Waals surface area contributed by atoms with E-state index in [2.05, 4.69) is 20.7 Å². The van der Waals surface area contributed by atoms with E-state index in [-0.39, 0.29) is 11.4 Å². The molecule has 8 nitrogen and oxygen atoms in total. The largest absolute Gasteiger partial charge is 0.289 e. The monoisotopic (exact) mass is 349 g/mol. The Kier molecular flexibility index (Phi) is 4.84. The molecule has 0 fully saturated rings. The Hall–Kier alpha value is -3.81. The normalized spacial score (nSPS) is 11.2. The maximum Gasteiger partial charge on any atom is 0.289 e. The summed E-state index contributed by atoms with van der Waals surface area (Å²) in [6.07, 6.45) is 0. The van der Waals surface area contributed by atoms with E-state index in [0.717, 1.165) is 5.56 Å². The molecule has 3 aromatic rings. The average Bonchev–Trinajstić information content (AvgIpc) is 3.17. The van der Waals surface area contributed by atoms with Crippen molar-refractivity contribution in [2.75, 3.05) is 0 Å². The van der Waals surface area contributed by atoms with E-state index in [1.165, 1.54) is 12.1 Å². The molecule has 3 rings (SSSR count). The minimum atomic E-state index is -0.481. The first kappa shape index (κ1) is 17.0. The first-order valence-corrected chi connectivity index (χ1v) is 7.75. The van der Waals surface area contributed by atoms with Gasteiger partial charge in [0.15, 0.2) is 0 Å². The molecule has 0 saturated heterocycles. The standard InChI is InChI=1S/C18H15N5O3/c1-12(14-8-5-9-15(10-14)23(25)26)19-22-18(24)17-11-16(20-21-17)13-6-3-2-4-7-13/h2-11H,1H3,(H,20,21)(H,22,24)/b19-12-. The zero-order valence-electron chi connectivity index (χ0n) is 13.8. The predicted molar refractivity (Wildman–Crippen MR) is 96.8 cm³/mol. The number of aromatic amines is 1. The van der Waals surface area contributed by atoms with Crippen molar-refractivity contribution in [1.82, 2.24) is 15.6 Å². The number of carbonyl (C=O) groups excluding carboxylic acids is 1. The second kappa shape index (κ2) is 7.39. The number of hydrogen-bond acceptors (Lipinski definition) is 5. The maximum atomic E-state index is 12.2. The van der Waals surface area contributed by atoms with Gasteiger partial charge in [-0.15, -0.1) is 0 Å². The number of H-pyrrole nitrogens is 1. The molecule has 2 N–H and O–H groups in total. The van der Waals surface area contributed by atoms with Gasteiger partial charge in [0.05, 0.1) is 16.3 Å². The van der Waals surface area contributed by atoms with E-state index in [9.17, 15) is 14.9 Å². The summed E-state index contributed by atoms with van der Waals surface area (Å²) in [5.74, 6) is -0.454.